The molecule has 3 heterocycles. The first-order valence-corrected chi connectivity index (χ1v) is 13.0. The van der Waals surface area contributed by atoms with Crippen LogP contribution in [0.25, 0.3) is 11.1 Å². The number of aryl methyl sites for hydroxylation is 1. The van der Waals surface area contributed by atoms with Gasteiger partial charge in [-0.3, -0.25) is 4.79 Å². The highest BCUT2D eigenvalue weighted by Gasteiger charge is 2.22. The molecule has 1 atom stereocenters. The standard InChI is InChI=1S/C22H26N2O5S2/c1-4-31(26,27)17-7-8-21-19(11-17)23-22(29-21)30-13-20(25)18-10-14(2)24(15(18)3)12-16-6-5-9-28-16/h7-8,10-11,16H,4-6,9,12-13H2,1-3H3. The number of oxazole rings is 1. The molecule has 2 aromatic heterocycles. The van der Waals surface area contributed by atoms with Crippen LogP contribution in [-0.2, 0) is 21.1 Å². The molecule has 166 valence electrons. The summed E-state index contributed by atoms with van der Waals surface area (Å²) in [5.74, 6) is 0.225. The van der Waals surface area contributed by atoms with Crippen molar-refractivity contribution in [1.82, 2.24) is 9.55 Å². The molecule has 1 aliphatic rings. The first-order valence-electron chi connectivity index (χ1n) is 10.4. The maximum absolute atomic E-state index is 12.9. The van der Waals surface area contributed by atoms with Crippen LogP contribution in [0.5, 0.6) is 0 Å². The number of carbonyl (C=O) groups excluding carboxylic acids is 1. The van der Waals surface area contributed by atoms with Crippen molar-refractivity contribution in [1.29, 1.82) is 0 Å². The Morgan fingerprint density at radius 2 is 2.10 bits per heavy atom. The number of ketones is 1. The lowest BCUT2D eigenvalue weighted by Crippen LogP contribution is -2.17. The average Bonchev–Trinajstić information content (AvgIpc) is 3.47. The molecule has 1 saturated heterocycles. The second-order valence-electron chi connectivity index (χ2n) is 7.76. The Kier molecular flexibility index (Phi) is 6.27. The van der Waals surface area contributed by atoms with Gasteiger partial charge in [0.1, 0.15) is 5.52 Å². The number of fused-ring (bicyclic) bond motifs is 1. The smallest absolute Gasteiger partial charge is 0.257 e. The van der Waals surface area contributed by atoms with E-state index in [1.54, 1.807) is 13.0 Å². The highest BCUT2D eigenvalue weighted by atomic mass is 32.2. The summed E-state index contributed by atoms with van der Waals surface area (Å²) in [5.41, 5.74) is 3.67. The van der Waals surface area contributed by atoms with Crippen molar-refractivity contribution in [2.45, 2.75) is 56.4 Å². The second-order valence-corrected chi connectivity index (χ2v) is 11.0. The third kappa shape index (κ3) is 4.58. The van der Waals surface area contributed by atoms with Crippen molar-refractivity contribution in [3.8, 4) is 0 Å². The van der Waals surface area contributed by atoms with Crippen LogP contribution in [0.4, 0.5) is 0 Å². The van der Waals surface area contributed by atoms with E-state index in [0.29, 0.717) is 21.9 Å². The van der Waals surface area contributed by atoms with Gasteiger partial charge in [0.25, 0.3) is 5.22 Å². The van der Waals surface area contributed by atoms with Crippen molar-refractivity contribution in [3.63, 3.8) is 0 Å². The number of benzene rings is 1. The number of rotatable bonds is 8. The van der Waals surface area contributed by atoms with E-state index in [9.17, 15) is 13.2 Å². The van der Waals surface area contributed by atoms with E-state index in [2.05, 4.69) is 9.55 Å². The molecule has 0 bridgehead atoms. The second kappa shape index (κ2) is 8.80. The molecule has 31 heavy (non-hydrogen) atoms. The summed E-state index contributed by atoms with van der Waals surface area (Å²) in [7, 11) is -3.31. The largest absolute Gasteiger partial charge is 0.431 e. The Balaban J connectivity index is 1.46. The summed E-state index contributed by atoms with van der Waals surface area (Å²) in [6.07, 6.45) is 2.35. The van der Waals surface area contributed by atoms with Gasteiger partial charge in [0.05, 0.1) is 22.5 Å². The Morgan fingerprint density at radius 1 is 1.29 bits per heavy atom. The van der Waals surface area contributed by atoms with Crippen LogP contribution >= 0.6 is 11.8 Å². The summed E-state index contributed by atoms with van der Waals surface area (Å²) >= 11 is 1.21. The Morgan fingerprint density at radius 3 is 2.81 bits per heavy atom. The SMILES string of the molecule is CCS(=O)(=O)c1ccc2oc(SCC(=O)c3cc(C)n(CC4CCCO4)c3C)nc2c1. The average molecular weight is 463 g/mol. The number of carbonyl (C=O) groups is 1. The van der Waals surface area contributed by atoms with Gasteiger partial charge in [-0.2, -0.15) is 0 Å². The topological polar surface area (TPSA) is 91.4 Å². The fourth-order valence-electron chi connectivity index (χ4n) is 3.87. The third-order valence-electron chi connectivity index (χ3n) is 5.69. The van der Waals surface area contributed by atoms with Gasteiger partial charge in [0.15, 0.2) is 21.2 Å². The van der Waals surface area contributed by atoms with Crippen molar-refractivity contribution in [3.05, 3.63) is 41.2 Å². The zero-order valence-corrected chi connectivity index (χ0v) is 19.5. The van der Waals surface area contributed by atoms with Crippen LogP contribution in [0.1, 0.15) is 41.5 Å². The van der Waals surface area contributed by atoms with Crippen LogP contribution in [0.15, 0.2) is 38.8 Å². The highest BCUT2D eigenvalue weighted by molar-refractivity contribution is 7.99. The zero-order chi connectivity index (χ0) is 22.2. The molecule has 3 aromatic rings. The molecular weight excluding hydrogens is 436 g/mol. The number of ether oxygens (including phenoxy) is 1. The molecule has 0 amide bonds. The van der Waals surface area contributed by atoms with Crippen LogP contribution in [0.3, 0.4) is 0 Å². The summed E-state index contributed by atoms with van der Waals surface area (Å²) < 4.78 is 37.7. The molecule has 0 aliphatic carbocycles. The molecule has 4 rings (SSSR count). The van der Waals surface area contributed by atoms with E-state index >= 15 is 0 Å². The fourth-order valence-corrected chi connectivity index (χ4v) is 5.49. The van der Waals surface area contributed by atoms with E-state index in [-0.39, 0.29) is 28.3 Å². The van der Waals surface area contributed by atoms with Gasteiger partial charge in [-0.15, -0.1) is 0 Å². The molecular formula is C22H26N2O5S2. The number of hydrogen-bond donors (Lipinski definition) is 0. The first-order chi connectivity index (χ1) is 14.8. The van der Waals surface area contributed by atoms with E-state index in [0.717, 1.165) is 37.4 Å². The summed E-state index contributed by atoms with van der Waals surface area (Å²) in [5, 5.41) is 0.350. The van der Waals surface area contributed by atoms with Gasteiger partial charge < -0.3 is 13.7 Å². The fraction of sp³-hybridized carbons (Fsp3) is 0.455. The molecule has 0 spiro atoms. The minimum atomic E-state index is -3.31. The van der Waals surface area contributed by atoms with Crippen molar-refractivity contribution in [2.24, 2.45) is 0 Å². The van der Waals surface area contributed by atoms with Crippen molar-refractivity contribution >= 4 is 38.5 Å². The number of sulfone groups is 1. The summed E-state index contributed by atoms with van der Waals surface area (Å²) in [6.45, 7) is 7.16. The molecule has 0 N–H and O–H groups in total. The monoisotopic (exact) mass is 462 g/mol. The number of hydrogen-bond acceptors (Lipinski definition) is 7. The van der Waals surface area contributed by atoms with E-state index in [4.69, 9.17) is 9.15 Å². The maximum Gasteiger partial charge on any atom is 0.257 e. The van der Waals surface area contributed by atoms with Crippen LogP contribution in [0.2, 0.25) is 0 Å². The number of Topliss-reactive ketones (excluding diaryl/α,β-unsaturated/α-hetero) is 1. The molecule has 0 radical (unpaired) electrons. The van der Waals surface area contributed by atoms with Crippen LogP contribution in [0, 0.1) is 13.8 Å². The van der Waals surface area contributed by atoms with Gasteiger partial charge >= 0.3 is 0 Å². The first kappa shape index (κ1) is 22.1. The molecule has 1 fully saturated rings. The normalized spacial score (nSPS) is 16.9. The molecule has 1 aromatic carbocycles. The lowest BCUT2D eigenvalue weighted by Gasteiger charge is -2.14. The minimum Gasteiger partial charge on any atom is -0.431 e. The van der Waals surface area contributed by atoms with E-state index < -0.39 is 9.84 Å². The van der Waals surface area contributed by atoms with Crippen LogP contribution in [-0.4, -0.2) is 48.0 Å². The zero-order valence-electron chi connectivity index (χ0n) is 17.9. The third-order valence-corrected chi connectivity index (χ3v) is 8.25. The van der Waals surface area contributed by atoms with Gasteiger partial charge in [-0.25, -0.2) is 13.4 Å². The Bertz CT molecular complexity index is 1220. The lowest BCUT2D eigenvalue weighted by atomic mass is 10.2. The molecule has 1 aliphatic heterocycles. The van der Waals surface area contributed by atoms with E-state index in [1.165, 1.54) is 23.9 Å². The quantitative estimate of drug-likeness (QED) is 0.366. The number of thioether (sulfide) groups is 1. The Labute approximate surface area is 186 Å². The molecule has 0 saturated carbocycles. The molecule has 7 nitrogen and oxygen atoms in total. The predicted octanol–water partition coefficient (Wildman–Crippen LogP) is 4.19. The minimum absolute atomic E-state index is 0.00759. The highest BCUT2D eigenvalue weighted by Crippen LogP contribution is 2.27. The van der Waals surface area contributed by atoms with Crippen LogP contribution < -0.4 is 0 Å². The number of aromatic nitrogens is 2. The Hall–Kier alpha value is -2.10. The van der Waals surface area contributed by atoms with Crippen molar-refractivity contribution < 1.29 is 22.4 Å². The van der Waals surface area contributed by atoms with Gasteiger partial charge in [0.2, 0.25) is 0 Å². The summed E-state index contributed by atoms with van der Waals surface area (Å²) in [6, 6.07) is 6.58. The van der Waals surface area contributed by atoms with Gasteiger partial charge in [0, 0.05) is 30.1 Å². The van der Waals surface area contributed by atoms with E-state index in [1.807, 2.05) is 19.9 Å². The summed E-state index contributed by atoms with van der Waals surface area (Å²) in [4.78, 5) is 17.4. The lowest BCUT2D eigenvalue weighted by molar-refractivity contribution is 0.0957. The molecule has 9 heteroatoms. The van der Waals surface area contributed by atoms with Crippen molar-refractivity contribution in [2.75, 3.05) is 18.1 Å². The van der Waals surface area contributed by atoms with Gasteiger partial charge in [-0.1, -0.05) is 18.7 Å². The van der Waals surface area contributed by atoms with Gasteiger partial charge in [-0.05, 0) is 51.0 Å². The molecule has 1 unspecified atom stereocenters. The predicted molar refractivity (Wildman–Crippen MR) is 120 cm³/mol. The number of nitrogens with zero attached hydrogens (tertiary/aromatic N) is 2. The maximum atomic E-state index is 12.9.